The summed E-state index contributed by atoms with van der Waals surface area (Å²) in [6.45, 7) is 8.89. The third-order valence-electron chi connectivity index (χ3n) is 3.26. The molecule has 0 saturated heterocycles. The summed E-state index contributed by atoms with van der Waals surface area (Å²) in [4.78, 5) is 11.9. The van der Waals surface area contributed by atoms with Crippen molar-refractivity contribution >= 4 is 5.91 Å². The van der Waals surface area contributed by atoms with Crippen LogP contribution in [0.25, 0.3) is 0 Å². The molecule has 0 bridgehead atoms. The third-order valence-corrected chi connectivity index (χ3v) is 3.26. The predicted molar refractivity (Wildman–Crippen MR) is 64.6 cm³/mol. The van der Waals surface area contributed by atoms with Gasteiger partial charge >= 0.3 is 0 Å². The minimum Gasteiger partial charge on any atom is -0.351 e. The lowest BCUT2D eigenvalue weighted by Gasteiger charge is -2.31. The van der Waals surface area contributed by atoms with Crippen LogP contribution in [0.4, 0.5) is 0 Å². The lowest BCUT2D eigenvalue weighted by Crippen LogP contribution is -2.48. The molecule has 0 aromatic rings. The molecule has 1 atom stereocenters. The second kappa shape index (κ2) is 6.83. The fraction of sp³-hybridized carbons (Fsp3) is 0.917. The maximum Gasteiger partial charge on any atom is 0.223 e. The molecule has 0 aliphatic carbocycles. The zero-order valence-corrected chi connectivity index (χ0v) is 10.6. The van der Waals surface area contributed by atoms with Crippen LogP contribution >= 0.6 is 0 Å². The summed E-state index contributed by atoms with van der Waals surface area (Å²) in [5, 5.41) is 3.13. The van der Waals surface area contributed by atoms with Crippen molar-refractivity contribution in [3.8, 4) is 0 Å². The van der Waals surface area contributed by atoms with E-state index in [-0.39, 0.29) is 17.4 Å². The number of rotatable bonds is 7. The predicted octanol–water partition coefficient (Wildman–Crippen LogP) is 2.06. The van der Waals surface area contributed by atoms with Crippen LogP contribution in [-0.2, 0) is 4.79 Å². The quantitative estimate of drug-likeness (QED) is 0.681. The molecule has 0 radical (unpaired) electrons. The van der Waals surface area contributed by atoms with Crippen molar-refractivity contribution in [3.63, 3.8) is 0 Å². The van der Waals surface area contributed by atoms with Crippen LogP contribution in [0.1, 0.15) is 53.4 Å². The second-order valence-corrected chi connectivity index (χ2v) is 4.46. The van der Waals surface area contributed by atoms with Gasteiger partial charge in [-0.05, 0) is 39.2 Å². The van der Waals surface area contributed by atoms with Gasteiger partial charge in [-0.15, -0.1) is 0 Å². The molecule has 0 aliphatic rings. The van der Waals surface area contributed by atoms with E-state index in [1.54, 1.807) is 0 Å². The minimum atomic E-state index is -0.131. The molecule has 90 valence electrons. The first kappa shape index (κ1) is 14.4. The Kier molecular flexibility index (Phi) is 6.57. The molecule has 0 saturated carbocycles. The molecule has 0 aliphatic heterocycles. The van der Waals surface area contributed by atoms with Crippen LogP contribution in [0.2, 0.25) is 0 Å². The Labute approximate surface area is 93.8 Å². The number of nitrogens with one attached hydrogen (secondary N) is 1. The summed E-state index contributed by atoms with van der Waals surface area (Å²) in [5.41, 5.74) is 5.43. The van der Waals surface area contributed by atoms with Crippen LogP contribution in [0.15, 0.2) is 0 Å². The van der Waals surface area contributed by atoms with Gasteiger partial charge in [-0.3, -0.25) is 4.79 Å². The number of carbonyl (C=O) groups excluding carboxylic acids is 1. The number of nitrogens with two attached hydrogens (primary N) is 1. The lowest BCUT2D eigenvalue weighted by atomic mass is 9.92. The van der Waals surface area contributed by atoms with Crippen molar-refractivity contribution in [2.75, 3.05) is 6.54 Å². The molecule has 3 heteroatoms. The first-order valence-electron chi connectivity index (χ1n) is 6.05. The van der Waals surface area contributed by atoms with Gasteiger partial charge in [-0.1, -0.05) is 20.8 Å². The average molecular weight is 214 g/mol. The van der Waals surface area contributed by atoms with Crippen molar-refractivity contribution in [2.45, 2.75) is 58.9 Å². The molecule has 3 nitrogen and oxygen atoms in total. The van der Waals surface area contributed by atoms with Gasteiger partial charge in [-0.25, -0.2) is 0 Å². The van der Waals surface area contributed by atoms with Gasteiger partial charge in [0.05, 0.1) is 0 Å². The summed E-state index contributed by atoms with van der Waals surface area (Å²) in [6, 6.07) is 0. The smallest absolute Gasteiger partial charge is 0.223 e. The molecule has 15 heavy (non-hydrogen) atoms. The number of amides is 1. The van der Waals surface area contributed by atoms with E-state index in [9.17, 15) is 4.79 Å². The molecule has 1 amide bonds. The largest absolute Gasteiger partial charge is 0.351 e. The molecule has 3 N–H and O–H groups in total. The van der Waals surface area contributed by atoms with E-state index in [1.807, 2.05) is 0 Å². The van der Waals surface area contributed by atoms with Crippen LogP contribution in [0, 0.1) is 5.92 Å². The van der Waals surface area contributed by atoms with E-state index >= 15 is 0 Å². The van der Waals surface area contributed by atoms with Crippen LogP contribution in [0.3, 0.4) is 0 Å². The van der Waals surface area contributed by atoms with Gasteiger partial charge in [0.25, 0.3) is 0 Å². The molecule has 0 rings (SSSR count). The highest BCUT2D eigenvalue weighted by Crippen LogP contribution is 2.16. The maximum atomic E-state index is 11.9. The zero-order valence-electron chi connectivity index (χ0n) is 10.6. The Hall–Kier alpha value is -0.570. The van der Waals surface area contributed by atoms with Gasteiger partial charge in [-0.2, -0.15) is 0 Å². The van der Waals surface area contributed by atoms with E-state index in [4.69, 9.17) is 5.73 Å². The van der Waals surface area contributed by atoms with E-state index in [0.717, 1.165) is 25.7 Å². The Morgan fingerprint density at radius 1 is 1.33 bits per heavy atom. The van der Waals surface area contributed by atoms with Crippen molar-refractivity contribution < 1.29 is 4.79 Å². The maximum absolute atomic E-state index is 11.9. The van der Waals surface area contributed by atoms with Crippen LogP contribution in [0.5, 0.6) is 0 Å². The highest BCUT2D eigenvalue weighted by atomic mass is 16.2. The molecule has 1 unspecified atom stereocenters. The summed E-state index contributed by atoms with van der Waals surface area (Å²) in [5.74, 6) is 0.325. The molecule has 0 aromatic heterocycles. The molecular formula is C12H26N2O. The summed E-state index contributed by atoms with van der Waals surface area (Å²) in [6.07, 6.45) is 3.58. The number of hydrogen-bond donors (Lipinski definition) is 2. The number of carbonyl (C=O) groups is 1. The molecule has 0 spiro atoms. The first-order chi connectivity index (χ1) is 7.02. The van der Waals surface area contributed by atoms with Gasteiger partial charge in [0.2, 0.25) is 5.91 Å². The highest BCUT2D eigenvalue weighted by Gasteiger charge is 2.25. The van der Waals surface area contributed by atoms with E-state index < -0.39 is 0 Å². The van der Waals surface area contributed by atoms with E-state index in [2.05, 4.69) is 33.0 Å². The monoisotopic (exact) mass is 214 g/mol. The van der Waals surface area contributed by atoms with Crippen LogP contribution < -0.4 is 11.1 Å². The highest BCUT2D eigenvalue weighted by molar-refractivity contribution is 5.79. The van der Waals surface area contributed by atoms with Crippen molar-refractivity contribution in [3.05, 3.63) is 0 Å². The van der Waals surface area contributed by atoms with Crippen LogP contribution in [-0.4, -0.2) is 18.0 Å². The Balaban J connectivity index is 4.34. The Morgan fingerprint density at radius 3 is 2.20 bits per heavy atom. The fourth-order valence-electron chi connectivity index (χ4n) is 1.71. The molecule has 0 fully saturated rings. The lowest BCUT2D eigenvalue weighted by molar-refractivity contribution is -0.127. The number of hydrogen-bond acceptors (Lipinski definition) is 2. The zero-order chi connectivity index (χ0) is 11.9. The summed E-state index contributed by atoms with van der Waals surface area (Å²) < 4.78 is 0. The van der Waals surface area contributed by atoms with Crippen molar-refractivity contribution in [1.29, 1.82) is 0 Å². The van der Waals surface area contributed by atoms with Gasteiger partial charge in [0.1, 0.15) is 0 Å². The normalized spacial score (nSPS) is 15.1. The van der Waals surface area contributed by atoms with E-state index in [1.165, 1.54) is 0 Å². The Morgan fingerprint density at radius 2 is 1.87 bits per heavy atom. The summed E-state index contributed by atoms with van der Waals surface area (Å²) in [7, 11) is 0. The van der Waals surface area contributed by atoms with Crippen molar-refractivity contribution in [1.82, 2.24) is 5.32 Å². The average Bonchev–Trinajstić information content (AvgIpc) is 2.20. The second-order valence-electron chi connectivity index (χ2n) is 4.46. The first-order valence-corrected chi connectivity index (χ1v) is 6.05. The van der Waals surface area contributed by atoms with Gasteiger partial charge < -0.3 is 11.1 Å². The Bertz CT molecular complexity index is 190. The summed E-state index contributed by atoms with van der Waals surface area (Å²) >= 11 is 0. The topological polar surface area (TPSA) is 55.1 Å². The van der Waals surface area contributed by atoms with Gasteiger partial charge in [0.15, 0.2) is 0 Å². The fourth-order valence-corrected chi connectivity index (χ4v) is 1.71. The minimum absolute atomic E-state index is 0.131. The molecule has 0 aromatic carbocycles. The standard InChI is InChI=1S/C12H26N2O/c1-5-10(6-2)11(15)14-12(4,7-3)8-9-13/h10H,5-9,13H2,1-4H3,(H,14,15). The molecule has 0 heterocycles. The van der Waals surface area contributed by atoms with Gasteiger partial charge in [0, 0.05) is 11.5 Å². The van der Waals surface area contributed by atoms with Crippen molar-refractivity contribution in [2.24, 2.45) is 11.7 Å². The SMILES string of the molecule is CCC(CC)C(=O)NC(C)(CC)CCN. The van der Waals surface area contributed by atoms with E-state index in [0.29, 0.717) is 6.54 Å². The molecular weight excluding hydrogens is 188 g/mol. The third kappa shape index (κ3) is 4.65.